The zero-order valence-electron chi connectivity index (χ0n) is 18.6. The van der Waals surface area contributed by atoms with Gasteiger partial charge in [-0.2, -0.15) is 0 Å². The summed E-state index contributed by atoms with van der Waals surface area (Å²) in [4.78, 5) is 2.41. The lowest BCUT2D eigenvalue weighted by Crippen LogP contribution is -2.34. The van der Waals surface area contributed by atoms with Crippen molar-refractivity contribution < 1.29 is 0 Å². The quantitative estimate of drug-likeness (QED) is 0.281. The molecule has 1 aliphatic heterocycles. The molecule has 0 unspecified atom stereocenters. The lowest BCUT2D eigenvalue weighted by Gasteiger charge is -2.44. The van der Waals surface area contributed by atoms with Crippen LogP contribution in [0, 0.1) is 0 Å². The van der Waals surface area contributed by atoms with E-state index in [1.54, 1.807) is 0 Å². The van der Waals surface area contributed by atoms with Gasteiger partial charge in [0.1, 0.15) is 0 Å². The molecule has 0 saturated carbocycles. The van der Waals surface area contributed by atoms with Crippen LogP contribution in [-0.2, 0) is 5.41 Å². The molecule has 33 heavy (non-hydrogen) atoms. The van der Waals surface area contributed by atoms with E-state index in [0.29, 0.717) is 0 Å². The van der Waals surface area contributed by atoms with Crippen LogP contribution < -0.4 is 4.90 Å². The van der Waals surface area contributed by atoms with Crippen molar-refractivity contribution in [2.24, 2.45) is 0 Å². The van der Waals surface area contributed by atoms with Crippen molar-refractivity contribution in [1.29, 1.82) is 0 Å². The Morgan fingerprint density at radius 2 is 0.909 bits per heavy atom. The van der Waals surface area contributed by atoms with Crippen molar-refractivity contribution in [3.63, 3.8) is 0 Å². The highest BCUT2D eigenvalue weighted by Crippen LogP contribution is 2.54. The minimum atomic E-state index is -0.227. The maximum absolute atomic E-state index is 2.41. The molecule has 6 rings (SSSR count). The highest BCUT2D eigenvalue weighted by Gasteiger charge is 2.41. The molecule has 0 aliphatic carbocycles. The second-order valence-electron chi connectivity index (χ2n) is 8.77. The normalized spacial score (nSPS) is 13.8. The van der Waals surface area contributed by atoms with Crippen molar-refractivity contribution in [2.45, 2.75) is 12.3 Å². The number of anilines is 3. The molecule has 0 spiro atoms. The third-order valence-electron chi connectivity index (χ3n) is 6.95. The van der Waals surface area contributed by atoms with E-state index in [1.165, 1.54) is 44.9 Å². The van der Waals surface area contributed by atoms with E-state index in [9.17, 15) is 0 Å². The monoisotopic (exact) mass is 423 g/mol. The van der Waals surface area contributed by atoms with E-state index >= 15 is 0 Å². The predicted octanol–water partition coefficient (Wildman–Crippen LogP) is 8.49. The molecule has 0 radical (unpaired) electrons. The van der Waals surface area contributed by atoms with Gasteiger partial charge in [-0.3, -0.25) is 0 Å². The zero-order valence-corrected chi connectivity index (χ0v) is 18.6. The fourth-order valence-electron chi connectivity index (χ4n) is 5.25. The number of rotatable bonds is 3. The molecule has 0 saturated heterocycles. The van der Waals surface area contributed by atoms with Crippen molar-refractivity contribution in [1.82, 2.24) is 0 Å². The van der Waals surface area contributed by atoms with E-state index < -0.39 is 0 Å². The summed E-state index contributed by atoms with van der Waals surface area (Å²) in [5, 5.41) is 0. The van der Waals surface area contributed by atoms with Crippen LogP contribution in [0.2, 0.25) is 0 Å². The lowest BCUT2D eigenvalue weighted by atomic mass is 9.67. The Morgan fingerprint density at radius 1 is 0.455 bits per heavy atom. The largest absolute Gasteiger partial charge is 0.310 e. The molecule has 1 aliphatic rings. The molecule has 1 heterocycles. The Hall–Kier alpha value is -4.10. The maximum atomic E-state index is 2.41. The zero-order chi connectivity index (χ0) is 22.3. The first-order valence-corrected chi connectivity index (χ1v) is 11.5. The van der Waals surface area contributed by atoms with Gasteiger partial charge in [-0.25, -0.2) is 0 Å². The molecule has 0 N–H and O–H groups in total. The van der Waals surface area contributed by atoms with E-state index in [1.807, 2.05) is 0 Å². The van der Waals surface area contributed by atoms with E-state index in [2.05, 4.69) is 145 Å². The summed E-state index contributed by atoms with van der Waals surface area (Å²) in [7, 11) is 0. The summed E-state index contributed by atoms with van der Waals surface area (Å²) >= 11 is 0. The van der Waals surface area contributed by atoms with Crippen LogP contribution >= 0.6 is 0 Å². The van der Waals surface area contributed by atoms with Gasteiger partial charge in [0.25, 0.3) is 0 Å². The first kappa shape index (κ1) is 19.6. The van der Waals surface area contributed by atoms with Gasteiger partial charge in [0.05, 0.1) is 11.4 Å². The van der Waals surface area contributed by atoms with Gasteiger partial charge in [-0.1, -0.05) is 109 Å². The first-order valence-electron chi connectivity index (χ1n) is 11.5. The van der Waals surface area contributed by atoms with E-state index in [4.69, 9.17) is 0 Å². The third-order valence-corrected chi connectivity index (χ3v) is 6.95. The summed E-state index contributed by atoms with van der Waals surface area (Å²) in [5.74, 6) is 0. The minimum Gasteiger partial charge on any atom is -0.310 e. The van der Waals surface area contributed by atoms with Crippen molar-refractivity contribution >= 4 is 17.1 Å². The average molecular weight is 424 g/mol. The summed E-state index contributed by atoms with van der Waals surface area (Å²) in [6.45, 7) is 2.36. The molecular formula is C32H25N. The van der Waals surface area contributed by atoms with Gasteiger partial charge >= 0.3 is 0 Å². The number of hydrogen-bond acceptors (Lipinski definition) is 1. The number of hydrogen-bond donors (Lipinski definition) is 0. The first-order chi connectivity index (χ1) is 16.3. The van der Waals surface area contributed by atoms with Crippen LogP contribution in [0.15, 0.2) is 133 Å². The van der Waals surface area contributed by atoms with Gasteiger partial charge in [0.15, 0.2) is 0 Å². The lowest BCUT2D eigenvalue weighted by molar-refractivity contribution is 0.681. The summed E-state index contributed by atoms with van der Waals surface area (Å²) < 4.78 is 0. The molecule has 1 heteroatoms. The van der Waals surface area contributed by atoms with Gasteiger partial charge in [0, 0.05) is 11.1 Å². The molecule has 5 aromatic carbocycles. The van der Waals surface area contributed by atoms with Crippen molar-refractivity contribution in [2.75, 3.05) is 4.90 Å². The molecule has 0 fully saturated rings. The standard InChI is InChI=1S/C32H25N/c1-32(26-14-6-3-7-15-26)28-16-8-10-18-30(28)33(31-19-11-9-17-29(31)32)27-22-20-25(21-23-27)24-12-4-2-5-13-24/h2-23H,1H3. The molecular weight excluding hydrogens is 398 g/mol. The van der Waals surface area contributed by atoms with Crippen molar-refractivity contribution in [3.8, 4) is 11.1 Å². The smallest absolute Gasteiger partial charge is 0.0506 e. The summed E-state index contributed by atoms with van der Waals surface area (Å²) in [6.07, 6.45) is 0. The van der Waals surface area contributed by atoms with Crippen LogP contribution in [0.5, 0.6) is 0 Å². The van der Waals surface area contributed by atoms with Gasteiger partial charge in [0.2, 0.25) is 0 Å². The van der Waals surface area contributed by atoms with Gasteiger partial charge in [-0.05, 0) is 59.0 Å². The summed E-state index contributed by atoms with van der Waals surface area (Å²) in [6, 6.07) is 48.0. The highest BCUT2D eigenvalue weighted by molar-refractivity contribution is 5.87. The number of fused-ring (bicyclic) bond motifs is 2. The van der Waals surface area contributed by atoms with Gasteiger partial charge in [-0.15, -0.1) is 0 Å². The van der Waals surface area contributed by atoms with E-state index in [0.717, 1.165) is 0 Å². The van der Waals surface area contributed by atoms with Crippen LogP contribution in [0.25, 0.3) is 11.1 Å². The Morgan fingerprint density at radius 3 is 1.48 bits per heavy atom. The Kier molecular flexibility index (Phi) is 4.62. The van der Waals surface area contributed by atoms with E-state index in [-0.39, 0.29) is 5.41 Å². The molecule has 0 bridgehead atoms. The second kappa shape index (κ2) is 7.79. The fraction of sp³-hybridized carbons (Fsp3) is 0.0625. The second-order valence-corrected chi connectivity index (χ2v) is 8.77. The molecule has 0 amide bonds. The number of benzene rings is 5. The highest BCUT2D eigenvalue weighted by atomic mass is 15.2. The molecule has 5 aromatic rings. The summed E-state index contributed by atoms with van der Waals surface area (Å²) in [5.41, 5.74) is 9.82. The SMILES string of the molecule is CC1(c2ccccc2)c2ccccc2N(c2ccc(-c3ccccc3)cc2)c2ccccc21. The average Bonchev–Trinajstić information content (AvgIpc) is 2.90. The Labute approximate surface area is 195 Å². The number of para-hydroxylation sites is 2. The topological polar surface area (TPSA) is 3.24 Å². The number of nitrogens with zero attached hydrogens (tertiary/aromatic N) is 1. The Balaban J connectivity index is 1.55. The predicted molar refractivity (Wildman–Crippen MR) is 139 cm³/mol. The maximum Gasteiger partial charge on any atom is 0.0506 e. The minimum absolute atomic E-state index is 0.227. The van der Waals surface area contributed by atoms with Crippen LogP contribution in [0.4, 0.5) is 17.1 Å². The van der Waals surface area contributed by atoms with Crippen LogP contribution in [0.3, 0.4) is 0 Å². The van der Waals surface area contributed by atoms with Gasteiger partial charge < -0.3 is 4.90 Å². The third kappa shape index (κ3) is 3.08. The molecule has 1 nitrogen and oxygen atoms in total. The van der Waals surface area contributed by atoms with Crippen molar-refractivity contribution in [3.05, 3.63) is 150 Å². The molecule has 158 valence electrons. The van der Waals surface area contributed by atoms with Crippen LogP contribution in [-0.4, -0.2) is 0 Å². The Bertz CT molecular complexity index is 1350. The van der Waals surface area contributed by atoms with Crippen LogP contribution in [0.1, 0.15) is 23.6 Å². The fourth-order valence-corrected chi connectivity index (χ4v) is 5.25. The molecule has 0 atom stereocenters. The molecule has 0 aromatic heterocycles.